The van der Waals surface area contributed by atoms with E-state index in [0.717, 1.165) is 43.4 Å². The number of nitrogens with zero attached hydrogens (tertiary/aromatic N) is 1. The lowest BCUT2D eigenvalue weighted by atomic mass is 9.89. The summed E-state index contributed by atoms with van der Waals surface area (Å²) in [6.07, 6.45) is 6.30. The van der Waals surface area contributed by atoms with Gasteiger partial charge in [0.05, 0.1) is 5.71 Å². The summed E-state index contributed by atoms with van der Waals surface area (Å²) in [7, 11) is 0. The number of nitrogens with one attached hydrogen (secondary N) is 1. The van der Waals surface area contributed by atoms with Crippen LogP contribution in [0.15, 0.2) is 29.4 Å². The molecule has 20 heavy (non-hydrogen) atoms. The number of benzene rings is 1. The molecule has 1 aromatic carbocycles. The predicted octanol–water partition coefficient (Wildman–Crippen LogP) is 4.15. The summed E-state index contributed by atoms with van der Waals surface area (Å²) in [6, 6.07) is 7.53. The Bertz CT molecular complexity index is 476. The minimum absolute atomic E-state index is 0.0598. The number of hydrogen-bond donors (Lipinski definition) is 1. The zero-order chi connectivity index (χ0) is 14.4. The van der Waals surface area contributed by atoms with E-state index in [1.54, 1.807) is 0 Å². The van der Waals surface area contributed by atoms with E-state index in [2.05, 4.69) is 10.5 Å². The van der Waals surface area contributed by atoms with Crippen LogP contribution in [0, 0.1) is 5.92 Å². The molecule has 0 heterocycles. The fourth-order valence-corrected chi connectivity index (χ4v) is 2.69. The van der Waals surface area contributed by atoms with Gasteiger partial charge < -0.3 is 0 Å². The summed E-state index contributed by atoms with van der Waals surface area (Å²) >= 11 is 5.88. The Labute approximate surface area is 125 Å². The van der Waals surface area contributed by atoms with Crippen molar-refractivity contribution in [3.8, 4) is 0 Å². The van der Waals surface area contributed by atoms with E-state index in [0.29, 0.717) is 5.02 Å². The molecule has 0 saturated heterocycles. The molecule has 4 heteroatoms. The molecule has 1 amide bonds. The third kappa shape index (κ3) is 4.07. The summed E-state index contributed by atoms with van der Waals surface area (Å²) < 4.78 is 0. The van der Waals surface area contributed by atoms with Crippen molar-refractivity contribution in [2.75, 3.05) is 0 Å². The van der Waals surface area contributed by atoms with Gasteiger partial charge in [-0.3, -0.25) is 4.79 Å². The van der Waals surface area contributed by atoms with Crippen molar-refractivity contribution in [2.24, 2.45) is 11.0 Å². The Morgan fingerprint density at radius 1 is 1.25 bits per heavy atom. The molecule has 3 nitrogen and oxygen atoms in total. The number of carbonyl (C=O) groups excluding carboxylic acids is 1. The molecule has 1 aliphatic rings. The first-order valence-electron chi connectivity index (χ1n) is 7.33. The highest BCUT2D eigenvalue weighted by molar-refractivity contribution is 6.30. The second-order valence-corrected chi connectivity index (χ2v) is 5.67. The van der Waals surface area contributed by atoms with Crippen LogP contribution in [0.5, 0.6) is 0 Å². The largest absolute Gasteiger partial charge is 0.273 e. The first-order valence-corrected chi connectivity index (χ1v) is 7.71. The maximum Gasteiger partial charge on any atom is 0.243 e. The second kappa shape index (κ2) is 7.44. The van der Waals surface area contributed by atoms with E-state index in [-0.39, 0.29) is 11.8 Å². The maximum absolute atomic E-state index is 12.1. The maximum atomic E-state index is 12.1. The summed E-state index contributed by atoms with van der Waals surface area (Å²) in [5.74, 6) is 0.195. The Kier molecular flexibility index (Phi) is 5.60. The molecular formula is C16H21ClN2O. The Morgan fingerprint density at radius 2 is 1.90 bits per heavy atom. The SMILES string of the molecule is CC/C(=N\NC(=O)C1CCCCC1)c1ccc(Cl)cc1. The first-order chi connectivity index (χ1) is 9.70. The van der Waals surface area contributed by atoms with Crippen LogP contribution >= 0.6 is 11.6 Å². The lowest BCUT2D eigenvalue weighted by molar-refractivity contribution is -0.125. The van der Waals surface area contributed by atoms with Crippen molar-refractivity contribution >= 4 is 23.2 Å². The topological polar surface area (TPSA) is 41.5 Å². The highest BCUT2D eigenvalue weighted by atomic mass is 35.5. The van der Waals surface area contributed by atoms with Gasteiger partial charge in [0.2, 0.25) is 5.91 Å². The minimum atomic E-state index is 0.0598. The van der Waals surface area contributed by atoms with Crippen molar-refractivity contribution < 1.29 is 4.79 Å². The average molecular weight is 293 g/mol. The van der Waals surface area contributed by atoms with Gasteiger partial charge in [0.1, 0.15) is 0 Å². The third-order valence-corrected chi connectivity index (χ3v) is 4.04. The fraction of sp³-hybridized carbons (Fsp3) is 0.500. The van der Waals surface area contributed by atoms with Crippen LogP contribution < -0.4 is 5.43 Å². The van der Waals surface area contributed by atoms with Gasteiger partial charge in [-0.15, -0.1) is 0 Å². The van der Waals surface area contributed by atoms with Gasteiger partial charge in [0, 0.05) is 10.9 Å². The third-order valence-electron chi connectivity index (χ3n) is 3.79. The standard InChI is InChI=1S/C16H21ClN2O/c1-2-15(12-8-10-14(17)11-9-12)18-19-16(20)13-6-4-3-5-7-13/h8-11,13H,2-7H2,1H3,(H,19,20)/b18-15+. The van der Waals surface area contributed by atoms with Crippen molar-refractivity contribution in [2.45, 2.75) is 45.4 Å². The van der Waals surface area contributed by atoms with Gasteiger partial charge >= 0.3 is 0 Å². The molecule has 0 atom stereocenters. The van der Waals surface area contributed by atoms with E-state index in [1.807, 2.05) is 31.2 Å². The van der Waals surface area contributed by atoms with Gasteiger partial charge in [-0.1, -0.05) is 49.9 Å². The number of halogens is 1. The lowest BCUT2D eigenvalue weighted by Crippen LogP contribution is -2.29. The fourth-order valence-electron chi connectivity index (χ4n) is 2.57. The summed E-state index contributed by atoms with van der Waals surface area (Å²) in [6.45, 7) is 2.03. The highest BCUT2D eigenvalue weighted by Gasteiger charge is 2.20. The van der Waals surface area contributed by atoms with Crippen LogP contribution in [0.2, 0.25) is 5.02 Å². The van der Waals surface area contributed by atoms with E-state index < -0.39 is 0 Å². The Balaban J connectivity index is 2.00. The predicted molar refractivity (Wildman–Crippen MR) is 83.0 cm³/mol. The molecule has 0 bridgehead atoms. The number of hydrazone groups is 1. The van der Waals surface area contributed by atoms with E-state index in [9.17, 15) is 4.79 Å². The van der Waals surface area contributed by atoms with Gasteiger partial charge in [0.25, 0.3) is 0 Å². The lowest BCUT2D eigenvalue weighted by Gasteiger charge is -2.19. The van der Waals surface area contributed by atoms with Crippen LogP contribution in [-0.2, 0) is 4.79 Å². The van der Waals surface area contributed by atoms with Crippen molar-refractivity contribution in [1.82, 2.24) is 5.43 Å². The number of rotatable bonds is 4. The van der Waals surface area contributed by atoms with Crippen LogP contribution in [-0.4, -0.2) is 11.6 Å². The minimum Gasteiger partial charge on any atom is -0.273 e. The molecule has 0 spiro atoms. The number of carbonyl (C=O) groups is 1. The van der Waals surface area contributed by atoms with Gasteiger partial charge in [-0.2, -0.15) is 5.10 Å². The summed E-state index contributed by atoms with van der Waals surface area (Å²) in [5, 5.41) is 5.00. The van der Waals surface area contributed by atoms with Crippen molar-refractivity contribution in [1.29, 1.82) is 0 Å². The zero-order valence-corrected chi connectivity index (χ0v) is 12.6. The Hall–Kier alpha value is -1.35. The highest BCUT2D eigenvalue weighted by Crippen LogP contribution is 2.23. The molecular weight excluding hydrogens is 272 g/mol. The number of amides is 1. The van der Waals surface area contributed by atoms with Crippen LogP contribution in [0.3, 0.4) is 0 Å². The quantitative estimate of drug-likeness (QED) is 0.657. The van der Waals surface area contributed by atoms with Crippen molar-refractivity contribution in [3.63, 3.8) is 0 Å². The normalized spacial score (nSPS) is 17.0. The van der Waals surface area contributed by atoms with E-state index in [4.69, 9.17) is 11.6 Å². The molecule has 2 rings (SSSR count). The molecule has 1 saturated carbocycles. The zero-order valence-electron chi connectivity index (χ0n) is 11.9. The van der Waals surface area contributed by atoms with Crippen LogP contribution in [0.25, 0.3) is 0 Å². The molecule has 108 valence electrons. The summed E-state index contributed by atoms with van der Waals surface area (Å²) in [4.78, 5) is 12.1. The van der Waals surface area contributed by atoms with E-state index >= 15 is 0 Å². The van der Waals surface area contributed by atoms with Gasteiger partial charge in [-0.25, -0.2) is 5.43 Å². The molecule has 0 aliphatic heterocycles. The molecule has 1 N–H and O–H groups in total. The molecule has 0 radical (unpaired) electrons. The Morgan fingerprint density at radius 3 is 2.50 bits per heavy atom. The monoisotopic (exact) mass is 292 g/mol. The molecule has 0 unspecified atom stereocenters. The first kappa shape index (κ1) is 15.0. The second-order valence-electron chi connectivity index (χ2n) is 5.23. The van der Waals surface area contributed by atoms with Gasteiger partial charge in [-0.05, 0) is 37.0 Å². The van der Waals surface area contributed by atoms with Crippen LogP contribution in [0.1, 0.15) is 51.0 Å². The number of hydrogen-bond acceptors (Lipinski definition) is 2. The molecule has 1 aliphatic carbocycles. The smallest absolute Gasteiger partial charge is 0.243 e. The molecule has 1 fully saturated rings. The van der Waals surface area contributed by atoms with Crippen LogP contribution in [0.4, 0.5) is 0 Å². The molecule has 1 aromatic rings. The summed E-state index contributed by atoms with van der Waals surface area (Å²) in [5.41, 5.74) is 4.61. The van der Waals surface area contributed by atoms with E-state index in [1.165, 1.54) is 6.42 Å². The molecule has 0 aromatic heterocycles. The van der Waals surface area contributed by atoms with Gasteiger partial charge in [0.15, 0.2) is 0 Å². The van der Waals surface area contributed by atoms with Crippen molar-refractivity contribution in [3.05, 3.63) is 34.9 Å². The average Bonchev–Trinajstić information content (AvgIpc) is 2.50.